The third-order valence-corrected chi connectivity index (χ3v) is 16.2. The zero-order chi connectivity index (χ0) is 38.5. The molecule has 4 aliphatic rings. The van der Waals surface area contributed by atoms with Crippen LogP contribution in [-0.4, -0.2) is 9.97 Å². The van der Waals surface area contributed by atoms with Crippen LogP contribution in [0.4, 0.5) is 0 Å². The van der Waals surface area contributed by atoms with Crippen molar-refractivity contribution in [3.63, 3.8) is 0 Å². The molecule has 274 valence electrons. The Balaban J connectivity index is 1.01. The van der Waals surface area contributed by atoms with Gasteiger partial charge in [-0.05, 0) is 67.8 Å². The molecular formula is C52H44N2S2. The molecular weight excluding hydrogens is 717 g/mol. The molecule has 1 aromatic heterocycles. The summed E-state index contributed by atoms with van der Waals surface area (Å²) < 4.78 is 0. The molecule has 6 aromatic carbocycles. The monoisotopic (exact) mass is 760 g/mol. The standard InChI is InChI=1S/C52H44N2S2/c1-49(2)33-16-10-9-14-30(33)44-35(49)22-25-39-48(44)56-46-32(15-13-18-37(46)52(39,7)8)42-28-53-27-41(54-42)29-20-21-31-40(26-29)51(5,6)36-23-24-38-47(45(31)36)55-43-19-12-11-17-34(43)50(38,3)4/h9-28H,1-8H3. The molecule has 0 bridgehead atoms. The van der Waals surface area contributed by atoms with E-state index in [-0.39, 0.29) is 21.7 Å². The van der Waals surface area contributed by atoms with Crippen LogP contribution in [0.15, 0.2) is 141 Å². The second kappa shape index (κ2) is 11.4. The van der Waals surface area contributed by atoms with E-state index < -0.39 is 0 Å². The van der Waals surface area contributed by atoms with Crippen molar-refractivity contribution in [1.82, 2.24) is 9.97 Å². The minimum atomic E-state index is -0.178. The minimum Gasteiger partial charge on any atom is -0.260 e. The van der Waals surface area contributed by atoms with Gasteiger partial charge in [0.05, 0.1) is 23.8 Å². The normalized spacial score (nSPS) is 17.7. The Labute approximate surface area is 339 Å². The molecule has 56 heavy (non-hydrogen) atoms. The van der Waals surface area contributed by atoms with Gasteiger partial charge in [0, 0.05) is 63.5 Å². The maximum atomic E-state index is 5.41. The van der Waals surface area contributed by atoms with Gasteiger partial charge in [0.15, 0.2) is 0 Å². The van der Waals surface area contributed by atoms with Crippen LogP contribution < -0.4 is 0 Å². The molecule has 3 heterocycles. The Hall–Kier alpha value is -4.90. The van der Waals surface area contributed by atoms with Gasteiger partial charge in [0.25, 0.3) is 0 Å². The first-order valence-corrected chi connectivity index (χ1v) is 21.4. The number of aromatic nitrogens is 2. The van der Waals surface area contributed by atoms with Crippen molar-refractivity contribution in [2.75, 3.05) is 0 Å². The molecule has 2 nitrogen and oxygen atoms in total. The topological polar surface area (TPSA) is 25.8 Å². The Kier molecular flexibility index (Phi) is 6.97. The predicted molar refractivity (Wildman–Crippen MR) is 233 cm³/mol. The fraction of sp³-hybridized carbons (Fsp3) is 0.231. The Morgan fingerprint density at radius 2 is 0.911 bits per heavy atom. The van der Waals surface area contributed by atoms with Crippen LogP contribution in [-0.2, 0) is 21.7 Å². The average Bonchev–Trinajstić information content (AvgIpc) is 3.57. The predicted octanol–water partition coefficient (Wildman–Crippen LogP) is 14.0. The Bertz CT molecular complexity index is 2870. The van der Waals surface area contributed by atoms with Gasteiger partial charge in [-0.1, -0.05) is 176 Å². The summed E-state index contributed by atoms with van der Waals surface area (Å²) >= 11 is 3.86. The van der Waals surface area contributed by atoms with Crippen molar-refractivity contribution in [3.8, 4) is 44.8 Å². The Morgan fingerprint density at radius 1 is 0.393 bits per heavy atom. The molecule has 0 radical (unpaired) electrons. The van der Waals surface area contributed by atoms with Crippen molar-refractivity contribution < 1.29 is 0 Å². The third-order valence-electron chi connectivity index (χ3n) is 13.7. The van der Waals surface area contributed by atoms with E-state index in [1.165, 1.54) is 86.3 Å². The highest BCUT2D eigenvalue weighted by Crippen LogP contribution is 2.61. The van der Waals surface area contributed by atoms with Crippen LogP contribution in [0, 0.1) is 0 Å². The van der Waals surface area contributed by atoms with E-state index in [0.29, 0.717) is 0 Å². The molecule has 0 fully saturated rings. The maximum absolute atomic E-state index is 5.41. The number of nitrogens with zero attached hydrogens (tertiary/aromatic N) is 2. The van der Waals surface area contributed by atoms with Gasteiger partial charge in [-0.3, -0.25) is 4.98 Å². The summed E-state index contributed by atoms with van der Waals surface area (Å²) in [7, 11) is 0. The lowest BCUT2D eigenvalue weighted by Crippen LogP contribution is -2.25. The maximum Gasteiger partial charge on any atom is 0.0904 e. The number of benzene rings is 6. The van der Waals surface area contributed by atoms with Crippen LogP contribution >= 0.6 is 23.5 Å². The molecule has 2 aliphatic heterocycles. The van der Waals surface area contributed by atoms with Crippen molar-refractivity contribution >= 4 is 23.5 Å². The van der Waals surface area contributed by atoms with Crippen LogP contribution in [0.2, 0.25) is 0 Å². The van der Waals surface area contributed by atoms with Crippen LogP contribution in [0.1, 0.15) is 99.9 Å². The first-order valence-electron chi connectivity index (χ1n) is 19.8. The third kappa shape index (κ3) is 4.43. The highest BCUT2D eigenvalue weighted by molar-refractivity contribution is 8.00. The van der Waals surface area contributed by atoms with Crippen LogP contribution in [0.3, 0.4) is 0 Å². The molecule has 4 heteroatoms. The highest BCUT2D eigenvalue weighted by Gasteiger charge is 2.44. The molecule has 0 saturated carbocycles. The van der Waals surface area contributed by atoms with Crippen molar-refractivity contribution in [3.05, 3.63) is 166 Å². The van der Waals surface area contributed by atoms with Crippen LogP contribution in [0.25, 0.3) is 44.8 Å². The van der Waals surface area contributed by atoms with Gasteiger partial charge in [0.1, 0.15) is 0 Å². The smallest absolute Gasteiger partial charge is 0.0904 e. The van der Waals surface area contributed by atoms with Gasteiger partial charge in [-0.25, -0.2) is 4.98 Å². The van der Waals surface area contributed by atoms with Gasteiger partial charge < -0.3 is 0 Å². The molecule has 2 aliphatic carbocycles. The number of fused-ring (bicyclic) bond motifs is 12. The molecule has 0 unspecified atom stereocenters. The van der Waals surface area contributed by atoms with E-state index in [1.807, 2.05) is 35.9 Å². The van der Waals surface area contributed by atoms with Gasteiger partial charge in [-0.15, -0.1) is 0 Å². The summed E-state index contributed by atoms with van der Waals surface area (Å²) in [4.78, 5) is 15.7. The summed E-state index contributed by atoms with van der Waals surface area (Å²) in [6.07, 6.45) is 3.89. The fourth-order valence-electron chi connectivity index (χ4n) is 10.5. The van der Waals surface area contributed by atoms with Gasteiger partial charge >= 0.3 is 0 Å². The molecule has 0 amide bonds. The zero-order valence-corrected chi connectivity index (χ0v) is 34.9. The number of hydrogen-bond acceptors (Lipinski definition) is 4. The summed E-state index contributed by atoms with van der Waals surface area (Å²) in [6, 6.07) is 41.3. The lowest BCUT2D eigenvalue weighted by atomic mass is 9.75. The van der Waals surface area contributed by atoms with E-state index in [0.717, 1.165) is 22.5 Å². The van der Waals surface area contributed by atoms with Crippen molar-refractivity contribution in [2.24, 2.45) is 0 Å². The summed E-state index contributed by atoms with van der Waals surface area (Å²) in [5.74, 6) is 0. The fourth-order valence-corrected chi connectivity index (χ4v) is 13.7. The first-order chi connectivity index (χ1) is 26.8. The van der Waals surface area contributed by atoms with Gasteiger partial charge in [-0.2, -0.15) is 0 Å². The molecule has 0 spiro atoms. The van der Waals surface area contributed by atoms with E-state index in [1.54, 1.807) is 0 Å². The second-order valence-electron chi connectivity index (χ2n) is 18.2. The quantitative estimate of drug-likeness (QED) is 0.175. The summed E-state index contributed by atoms with van der Waals surface area (Å²) in [6.45, 7) is 19.0. The first kappa shape index (κ1) is 34.4. The average molecular weight is 761 g/mol. The van der Waals surface area contributed by atoms with E-state index in [2.05, 4.69) is 165 Å². The lowest BCUT2D eigenvalue weighted by Gasteiger charge is -2.37. The summed E-state index contributed by atoms with van der Waals surface area (Å²) in [5, 5.41) is 0. The molecule has 7 aromatic rings. The molecule has 0 N–H and O–H groups in total. The zero-order valence-electron chi connectivity index (χ0n) is 33.3. The van der Waals surface area contributed by atoms with Crippen LogP contribution in [0.5, 0.6) is 0 Å². The van der Waals surface area contributed by atoms with Crippen molar-refractivity contribution in [1.29, 1.82) is 0 Å². The van der Waals surface area contributed by atoms with E-state index in [9.17, 15) is 0 Å². The summed E-state index contributed by atoms with van der Waals surface area (Å²) in [5.41, 5.74) is 20.3. The minimum absolute atomic E-state index is 0.0444. The number of hydrogen-bond donors (Lipinski definition) is 0. The highest BCUT2D eigenvalue weighted by atomic mass is 32.2. The number of rotatable bonds is 2. The largest absolute Gasteiger partial charge is 0.260 e. The van der Waals surface area contributed by atoms with E-state index >= 15 is 0 Å². The molecule has 11 rings (SSSR count). The van der Waals surface area contributed by atoms with E-state index in [4.69, 9.17) is 9.97 Å². The molecule has 0 atom stereocenters. The van der Waals surface area contributed by atoms with Gasteiger partial charge in [0.2, 0.25) is 0 Å². The Morgan fingerprint density at radius 3 is 1.66 bits per heavy atom. The SMILES string of the molecule is CC1(C)c2ccccc2Sc2c1ccc1c2-c2ccc(-c3cncc(-c4cccc5c4Sc4c(ccc6c4-c4ccccc4C6(C)C)C5(C)C)n3)cc2C1(C)C. The lowest BCUT2D eigenvalue weighted by molar-refractivity contribution is 0.604. The van der Waals surface area contributed by atoms with Crippen molar-refractivity contribution in [2.45, 2.75) is 96.6 Å². The second-order valence-corrected chi connectivity index (χ2v) is 20.3. The molecule has 0 saturated heterocycles.